The minimum Gasteiger partial charge on any atom is -0.454 e. The Morgan fingerprint density at radius 1 is 1.20 bits per heavy atom. The van der Waals surface area contributed by atoms with E-state index < -0.39 is 0 Å². The Kier molecular flexibility index (Phi) is 3.42. The van der Waals surface area contributed by atoms with E-state index in [1.807, 2.05) is 17.0 Å². The van der Waals surface area contributed by atoms with Gasteiger partial charge in [0.25, 0.3) is 0 Å². The van der Waals surface area contributed by atoms with E-state index in [-0.39, 0.29) is 12.8 Å². The van der Waals surface area contributed by atoms with E-state index in [4.69, 9.17) is 9.47 Å². The maximum Gasteiger partial charge on any atom is 0.321 e. The number of urea groups is 1. The third kappa shape index (κ3) is 2.66. The van der Waals surface area contributed by atoms with Gasteiger partial charge in [-0.3, -0.25) is 0 Å². The van der Waals surface area contributed by atoms with Gasteiger partial charge >= 0.3 is 6.03 Å². The van der Waals surface area contributed by atoms with E-state index in [1.165, 1.54) is 6.42 Å². The molecule has 2 heterocycles. The van der Waals surface area contributed by atoms with Crippen molar-refractivity contribution in [1.82, 2.24) is 4.90 Å². The van der Waals surface area contributed by atoms with Crippen LogP contribution in [-0.2, 0) is 0 Å². The first-order valence-corrected chi connectivity index (χ1v) is 7.07. The summed E-state index contributed by atoms with van der Waals surface area (Å²) in [5.74, 6) is 2.52. The summed E-state index contributed by atoms with van der Waals surface area (Å²) in [4.78, 5) is 14.2. The number of nitrogens with zero attached hydrogens (tertiary/aromatic N) is 1. The highest BCUT2D eigenvalue weighted by molar-refractivity contribution is 5.89. The van der Waals surface area contributed by atoms with E-state index in [9.17, 15) is 4.79 Å². The number of nitrogens with one attached hydrogen (secondary N) is 1. The number of amides is 2. The molecule has 5 nitrogen and oxygen atoms in total. The fourth-order valence-electron chi connectivity index (χ4n) is 3.01. The Hall–Kier alpha value is -1.91. The van der Waals surface area contributed by atoms with Gasteiger partial charge in [-0.15, -0.1) is 0 Å². The van der Waals surface area contributed by atoms with Gasteiger partial charge in [-0.25, -0.2) is 4.79 Å². The predicted molar refractivity (Wildman–Crippen MR) is 76.1 cm³/mol. The monoisotopic (exact) mass is 276 g/mol. The number of carbonyl (C=O) groups excluding carboxylic acids is 1. The number of hydrogen-bond acceptors (Lipinski definition) is 3. The molecule has 0 radical (unpaired) electrons. The third-order valence-corrected chi connectivity index (χ3v) is 3.78. The second kappa shape index (κ2) is 5.23. The Labute approximate surface area is 118 Å². The molecule has 0 bridgehead atoms. The van der Waals surface area contributed by atoms with Crippen LogP contribution in [0.2, 0.25) is 0 Å². The van der Waals surface area contributed by atoms with Crippen LogP contribution in [0.4, 0.5) is 10.5 Å². The predicted octanol–water partition coefficient (Wildman–Crippen LogP) is 2.93. The molecule has 0 unspecified atom stereocenters. The molecule has 1 aromatic rings. The third-order valence-electron chi connectivity index (χ3n) is 3.78. The van der Waals surface area contributed by atoms with Gasteiger partial charge in [0.15, 0.2) is 11.5 Å². The SMILES string of the molecule is C[C@@H]1C[C@@H](C)CN(C(=O)Nc2ccc3c(c2)OCO3)C1. The molecular weight excluding hydrogens is 256 g/mol. The maximum atomic E-state index is 12.3. The smallest absolute Gasteiger partial charge is 0.321 e. The molecular formula is C15H20N2O3. The first-order valence-electron chi connectivity index (χ1n) is 7.07. The van der Waals surface area contributed by atoms with Gasteiger partial charge in [-0.2, -0.15) is 0 Å². The molecule has 0 aliphatic carbocycles. The zero-order valence-corrected chi connectivity index (χ0v) is 11.9. The van der Waals surface area contributed by atoms with Gasteiger partial charge in [0, 0.05) is 24.8 Å². The molecule has 5 heteroatoms. The molecule has 0 aromatic heterocycles. The van der Waals surface area contributed by atoms with Crippen LogP contribution < -0.4 is 14.8 Å². The highest BCUT2D eigenvalue weighted by Crippen LogP contribution is 2.34. The van der Waals surface area contributed by atoms with E-state index >= 15 is 0 Å². The van der Waals surface area contributed by atoms with Gasteiger partial charge in [0.2, 0.25) is 6.79 Å². The molecule has 3 rings (SSSR count). The average molecular weight is 276 g/mol. The van der Waals surface area contributed by atoms with Gasteiger partial charge in [-0.1, -0.05) is 13.8 Å². The standard InChI is InChI=1S/C15H20N2O3/c1-10-5-11(2)8-17(7-10)15(18)16-12-3-4-13-14(6-12)20-9-19-13/h3-4,6,10-11H,5,7-9H2,1-2H3,(H,16,18)/t10-,11-/m1/s1. The van der Waals surface area contributed by atoms with E-state index in [0.29, 0.717) is 17.6 Å². The van der Waals surface area contributed by atoms with Crippen molar-refractivity contribution in [3.8, 4) is 11.5 Å². The molecule has 2 aliphatic heterocycles. The van der Waals surface area contributed by atoms with Crippen molar-refractivity contribution in [3.05, 3.63) is 18.2 Å². The molecule has 0 saturated carbocycles. The first kappa shape index (κ1) is 13.1. The lowest BCUT2D eigenvalue weighted by Gasteiger charge is -2.34. The number of ether oxygens (including phenoxy) is 2. The van der Waals surface area contributed by atoms with Crippen LogP contribution in [0.1, 0.15) is 20.3 Å². The van der Waals surface area contributed by atoms with Crippen molar-refractivity contribution in [2.75, 3.05) is 25.2 Å². The van der Waals surface area contributed by atoms with Crippen LogP contribution >= 0.6 is 0 Å². The summed E-state index contributed by atoms with van der Waals surface area (Å²) in [5.41, 5.74) is 0.741. The Morgan fingerprint density at radius 3 is 2.65 bits per heavy atom. The summed E-state index contributed by atoms with van der Waals surface area (Å²) in [7, 11) is 0. The lowest BCUT2D eigenvalue weighted by atomic mass is 9.92. The van der Waals surface area contributed by atoms with Gasteiger partial charge in [0.05, 0.1) is 0 Å². The molecule has 2 amide bonds. The zero-order valence-electron chi connectivity index (χ0n) is 11.9. The molecule has 1 fully saturated rings. The fourth-order valence-corrected chi connectivity index (χ4v) is 3.01. The van der Waals surface area contributed by atoms with Crippen molar-refractivity contribution in [3.63, 3.8) is 0 Å². The first-order chi connectivity index (χ1) is 9.61. The summed E-state index contributed by atoms with van der Waals surface area (Å²) in [6.07, 6.45) is 1.19. The number of benzene rings is 1. The van der Waals surface area contributed by atoms with Crippen molar-refractivity contribution in [2.45, 2.75) is 20.3 Å². The number of piperidine rings is 1. The number of hydrogen-bond donors (Lipinski definition) is 1. The largest absolute Gasteiger partial charge is 0.454 e. The molecule has 20 heavy (non-hydrogen) atoms. The van der Waals surface area contributed by atoms with Crippen LogP contribution in [0.3, 0.4) is 0 Å². The number of anilines is 1. The number of rotatable bonds is 1. The minimum absolute atomic E-state index is 0.0396. The van der Waals surface area contributed by atoms with Crippen molar-refractivity contribution < 1.29 is 14.3 Å². The number of fused-ring (bicyclic) bond motifs is 1. The Morgan fingerprint density at radius 2 is 1.90 bits per heavy atom. The molecule has 1 aromatic carbocycles. The number of carbonyl (C=O) groups is 1. The molecule has 2 atom stereocenters. The summed E-state index contributed by atoms with van der Waals surface area (Å²) in [6.45, 7) is 6.27. The van der Waals surface area contributed by atoms with Crippen molar-refractivity contribution >= 4 is 11.7 Å². The van der Waals surface area contributed by atoms with E-state index in [1.54, 1.807) is 6.07 Å². The summed E-state index contributed by atoms with van der Waals surface area (Å²) in [6, 6.07) is 5.42. The summed E-state index contributed by atoms with van der Waals surface area (Å²) >= 11 is 0. The lowest BCUT2D eigenvalue weighted by molar-refractivity contribution is 0.156. The lowest BCUT2D eigenvalue weighted by Crippen LogP contribution is -2.44. The number of likely N-dealkylation sites (tertiary alicyclic amines) is 1. The van der Waals surface area contributed by atoms with E-state index in [0.717, 1.165) is 24.5 Å². The summed E-state index contributed by atoms with van der Waals surface area (Å²) in [5, 5.41) is 2.93. The van der Waals surface area contributed by atoms with Crippen LogP contribution in [0.15, 0.2) is 18.2 Å². The van der Waals surface area contributed by atoms with Gasteiger partial charge in [0.1, 0.15) is 0 Å². The molecule has 0 spiro atoms. The van der Waals surface area contributed by atoms with Crippen LogP contribution in [0, 0.1) is 11.8 Å². The molecule has 1 N–H and O–H groups in total. The highest BCUT2D eigenvalue weighted by atomic mass is 16.7. The van der Waals surface area contributed by atoms with Crippen molar-refractivity contribution in [2.24, 2.45) is 11.8 Å². The van der Waals surface area contributed by atoms with Crippen molar-refractivity contribution in [1.29, 1.82) is 0 Å². The van der Waals surface area contributed by atoms with Gasteiger partial charge < -0.3 is 19.7 Å². The average Bonchev–Trinajstić information content (AvgIpc) is 2.85. The summed E-state index contributed by atoms with van der Waals surface area (Å²) < 4.78 is 10.6. The zero-order chi connectivity index (χ0) is 14.1. The quantitative estimate of drug-likeness (QED) is 0.858. The fraction of sp³-hybridized carbons (Fsp3) is 0.533. The normalized spacial score (nSPS) is 24.6. The van der Waals surface area contributed by atoms with Crippen LogP contribution in [-0.4, -0.2) is 30.8 Å². The topological polar surface area (TPSA) is 50.8 Å². The van der Waals surface area contributed by atoms with Gasteiger partial charge in [-0.05, 0) is 30.4 Å². The minimum atomic E-state index is -0.0396. The second-order valence-electron chi connectivity index (χ2n) is 5.85. The Bertz CT molecular complexity index is 508. The van der Waals surface area contributed by atoms with Crippen LogP contribution in [0.5, 0.6) is 11.5 Å². The maximum absolute atomic E-state index is 12.3. The second-order valence-corrected chi connectivity index (χ2v) is 5.85. The Balaban J connectivity index is 1.66. The molecule has 108 valence electrons. The highest BCUT2D eigenvalue weighted by Gasteiger charge is 2.25. The molecule has 2 aliphatic rings. The molecule has 1 saturated heterocycles. The van der Waals surface area contributed by atoms with E-state index in [2.05, 4.69) is 19.2 Å². The van der Waals surface area contributed by atoms with Crippen LogP contribution in [0.25, 0.3) is 0 Å².